The minimum Gasteiger partial charge on any atom is -0.311 e. The zero-order valence-electron chi connectivity index (χ0n) is 8.89. The van der Waals surface area contributed by atoms with Crippen LogP contribution in [0.15, 0.2) is 0 Å². The lowest BCUT2D eigenvalue weighted by atomic mass is 9.85. The van der Waals surface area contributed by atoms with E-state index in [1.165, 1.54) is 51.4 Å². The summed E-state index contributed by atoms with van der Waals surface area (Å²) in [6, 6.07) is 1.71. The third-order valence-corrected chi connectivity index (χ3v) is 3.92. The third kappa shape index (κ3) is 2.46. The Bertz CT molecular complexity index is 149. The molecule has 0 unspecified atom stereocenters. The van der Waals surface area contributed by atoms with Crippen molar-refractivity contribution in [1.29, 1.82) is 0 Å². The van der Waals surface area contributed by atoms with Crippen molar-refractivity contribution < 1.29 is 0 Å². The van der Waals surface area contributed by atoms with Gasteiger partial charge in [0, 0.05) is 12.1 Å². The molecule has 0 radical (unpaired) electrons. The molecule has 2 aliphatic rings. The van der Waals surface area contributed by atoms with Gasteiger partial charge in [0.05, 0.1) is 0 Å². The maximum atomic E-state index is 3.87. The maximum absolute atomic E-state index is 3.87. The van der Waals surface area contributed by atoms with Crippen LogP contribution in [0.3, 0.4) is 0 Å². The van der Waals surface area contributed by atoms with Crippen LogP contribution in [0.4, 0.5) is 0 Å². The van der Waals surface area contributed by atoms with Gasteiger partial charge in [-0.1, -0.05) is 32.6 Å². The van der Waals surface area contributed by atoms with Crippen molar-refractivity contribution in [2.75, 3.05) is 0 Å². The highest BCUT2D eigenvalue weighted by molar-refractivity contribution is 4.83. The first-order chi connectivity index (χ1) is 6.36. The second kappa shape index (κ2) is 4.45. The number of nitrogens with one attached hydrogen (secondary N) is 1. The molecule has 0 aromatic rings. The molecule has 2 rings (SSSR count). The Morgan fingerprint density at radius 1 is 0.846 bits per heavy atom. The predicted molar refractivity (Wildman–Crippen MR) is 56.8 cm³/mol. The lowest BCUT2D eigenvalue weighted by molar-refractivity contribution is 0.258. The first-order valence-corrected chi connectivity index (χ1v) is 6.12. The summed E-state index contributed by atoms with van der Waals surface area (Å²) in [5.74, 6) is 0.925. The van der Waals surface area contributed by atoms with E-state index in [4.69, 9.17) is 0 Å². The molecule has 2 atom stereocenters. The van der Waals surface area contributed by atoms with Gasteiger partial charge in [0.25, 0.3) is 0 Å². The fourth-order valence-corrected chi connectivity index (χ4v) is 2.96. The molecule has 13 heavy (non-hydrogen) atoms. The topological polar surface area (TPSA) is 12.0 Å². The Kier molecular flexibility index (Phi) is 3.26. The van der Waals surface area contributed by atoms with Crippen LogP contribution < -0.4 is 5.32 Å². The fourth-order valence-electron chi connectivity index (χ4n) is 2.96. The summed E-state index contributed by atoms with van der Waals surface area (Å²) in [5, 5.41) is 3.87. The molecule has 0 bridgehead atoms. The summed E-state index contributed by atoms with van der Waals surface area (Å²) in [5.41, 5.74) is 0. The van der Waals surface area contributed by atoms with Gasteiger partial charge in [-0.25, -0.2) is 0 Å². The van der Waals surface area contributed by atoms with Crippen LogP contribution in [0.5, 0.6) is 0 Å². The van der Waals surface area contributed by atoms with E-state index in [9.17, 15) is 0 Å². The lowest BCUT2D eigenvalue weighted by Crippen LogP contribution is -2.42. The molecule has 2 saturated carbocycles. The maximum Gasteiger partial charge on any atom is 0.00952 e. The van der Waals surface area contributed by atoms with E-state index in [0.29, 0.717) is 0 Å². The molecule has 0 aromatic carbocycles. The molecule has 0 aromatic heterocycles. The molecule has 1 nitrogen and oxygen atoms in total. The van der Waals surface area contributed by atoms with Crippen LogP contribution in [-0.2, 0) is 0 Å². The third-order valence-electron chi connectivity index (χ3n) is 3.92. The lowest BCUT2D eigenvalue weighted by Gasteiger charge is -2.32. The van der Waals surface area contributed by atoms with Crippen molar-refractivity contribution in [1.82, 2.24) is 5.32 Å². The molecular weight excluding hydrogens is 158 g/mol. The minimum atomic E-state index is 0.844. The highest BCUT2D eigenvalue weighted by Gasteiger charge is 2.24. The van der Waals surface area contributed by atoms with E-state index in [-0.39, 0.29) is 0 Å². The van der Waals surface area contributed by atoms with E-state index in [1.54, 1.807) is 0 Å². The quantitative estimate of drug-likeness (QED) is 0.690. The Hall–Kier alpha value is -0.0400. The summed E-state index contributed by atoms with van der Waals surface area (Å²) in [7, 11) is 0. The first kappa shape index (κ1) is 9.51. The van der Waals surface area contributed by atoms with E-state index in [1.807, 2.05) is 0 Å². The zero-order valence-corrected chi connectivity index (χ0v) is 8.89. The Morgan fingerprint density at radius 3 is 2.15 bits per heavy atom. The highest BCUT2D eigenvalue weighted by Crippen LogP contribution is 2.26. The number of rotatable bonds is 2. The largest absolute Gasteiger partial charge is 0.311 e. The number of hydrogen-bond donors (Lipinski definition) is 1. The second-order valence-electron chi connectivity index (χ2n) is 5.02. The van der Waals surface area contributed by atoms with E-state index >= 15 is 0 Å². The van der Waals surface area contributed by atoms with Gasteiger partial charge in [0.15, 0.2) is 0 Å². The highest BCUT2D eigenvalue weighted by atomic mass is 15.0. The van der Waals surface area contributed by atoms with Crippen molar-refractivity contribution >= 4 is 0 Å². The van der Waals surface area contributed by atoms with Crippen molar-refractivity contribution in [3.8, 4) is 0 Å². The van der Waals surface area contributed by atoms with Gasteiger partial charge in [0.2, 0.25) is 0 Å². The molecule has 2 fully saturated rings. The predicted octanol–water partition coefficient (Wildman–Crippen LogP) is 3.10. The van der Waals surface area contributed by atoms with Crippen LogP contribution in [0.25, 0.3) is 0 Å². The summed E-state index contributed by atoms with van der Waals surface area (Å²) in [6.45, 7) is 2.42. The summed E-state index contributed by atoms with van der Waals surface area (Å²) >= 11 is 0. The van der Waals surface area contributed by atoms with Gasteiger partial charge in [-0.15, -0.1) is 0 Å². The minimum absolute atomic E-state index is 0.844. The van der Waals surface area contributed by atoms with E-state index in [2.05, 4.69) is 12.2 Å². The first-order valence-electron chi connectivity index (χ1n) is 6.12. The van der Waals surface area contributed by atoms with E-state index < -0.39 is 0 Å². The van der Waals surface area contributed by atoms with Crippen molar-refractivity contribution in [3.05, 3.63) is 0 Å². The average molecular weight is 181 g/mol. The van der Waals surface area contributed by atoms with Crippen molar-refractivity contribution in [2.24, 2.45) is 5.92 Å². The number of hydrogen-bond acceptors (Lipinski definition) is 1. The summed E-state index contributed by atoms with van der Waals surface area (Å²) in [6.07, 6.45) is 11.6. The van der Waals surface area contributed by atoms with Gasteiger partial charge in [-0.3, -0.25) is 0 Å². The smallest absolute Gasteiger partial charge is 0.00952 e. The molecule has 76 valence electrons. The van der Waals surface area contributed by atoms with Crippen molar-refractivity contribution in [2.45, 2.75) is 70.4 Å². The molecule has 0 aliphatic heterocycles. The Labute approximate surface area is 82.3 Å². The van der Waals surface area contributed by atoms with Gasteiger partial charge in [0.1, 0.15) is 0 Å². The van der Waals surface area contributed by atoms with Crippen LogP contribution >= 0.6 is 0 Å². The molecular formula is C12H23N. The normalized spacial score (nSPS) is 36.7. The summed E-state index contributed by atoms with van der Waals surface area (Å²) in [4.78, 5) is 0. The molecule has 0 heterocycles. The monoisotopic (exact) mass is 181 g/mol. The fraction of sp³-hybridized carbons (Fsp3) is 1.00. The molecule has 0 saturated heterocycles. The van der Waals surface area contributed by atoms with Gasteiger partial charge < -0.3 is 5.32 Å². The molecule has 0 amide bonds. The van der Waals surface area contributed by atoms with Crippen LogP contribution in [0, 0.1) is 5.92 Å². The molecule has 0 spiro atoms. The molecule has 1 heteroatoms. The summed E-state index contributed by atoms with van der Waals surface area (Å²) < 4.78 is 0. The van der Waals surface area contributed by atoms with Crippen LogP contribution in [0.2, 0.25) is 0 Å². The Balaban J connectivity index is 1.78. The van der Waals surface area contributed by atoms with Gasteiger partial charge in [-0.2, -0.15) is 0 Å². The standard InChI is InChI=1S/C12H23N/c1-10-6-2-5-9-12(10)13-11-7-3-4-8-11/h10-13H,2-9H2,1H3/t10-,12+/m1/s1. The molecule has 2 aliphatic carbocycles. The van der Waals surface area contributed by atoms with Gasteiger partial charge in [-0.05, 0) is 31.6 Å². The van der Waals surface area contributed by atoms with E-state index in [0.717, 1.165) is 18.0 Å². The average Bonchev–Trinajstić information content (AvgIpc) is 2.61. The van der Waals surface area contributed by atoms with Crippen LogP contribution in [0.1, 0.15) is 58.3 Å². The van der Waals surface area contributed by atoms with Gasteiger partial charge >= 0.3 is 0 Å². The van der Waals surface area contributed by atoms with Crippen molar-refractivity contribution in [3.63, 3.8) is 0 Å². The molecule has 1 N–H and O–H groups in total. The SMILES string of the molecule is C[C@@H]1CCCC[C@@H]1NC1CCCC1. The zero-order chi connectivity index (χ0) is 9.10. The van der Waals surface area contributed by atoms with Crippen LogP contribution in [-0.4, -0.2) is 12.1 Å². The Morgan fingerprint density at radius 2 is 1.46 bits per heavy atom. The second-order valence-corrected chi connectivity index (χ2v) is 5.02.